The Hall–Kier alpha value is -0.0800. The third kappa shape index (κ3) is 3.21. The van der Waals surface area contributed by atoms with Crippen molar-refractivity contribution in [2.45, 2.75) is 51.5 Å². The smallest absolute Gasteiger partial charge is 0.0120 e. The van der Waals surface area contributed by atoms with E-state index in [9.17, 15) is 0 Å². The maximum Gasteiger partial charge on any atom is 0.0120 e. The number of likely N-dealkylation sites (tertiary alicyclic amines) is 2. The lowest BCUT2D eigenvalue weighted by Gasteiger charge is -2.41. The lowest BCUT2D eigenvalue weighted by atomic mass is 9.90. The molecule has 2 fully saturated rings. The minimum absolute atomic E-state index is 0.902. The fourth-order valence-electron chi connectivity index (χ4n) is 3.38. The lowest BCUT2D eigenvalue weighted by molar-refractivity contribution is 0.0837. The van der Waals surface area contributed by atoms with Crippen molar-refractivity contribution in [3.8, 4) is 0 Å². The Kier molecular flexibility index (Phi) is 4.66. The van der Waals surface area contributed by atoms with Crippen LogP contribution in [0.3, 0.4) is 0 Å². The van der Waals surface area contributed by atoms with Gasteiger partial charge in [-0.3, -0.25) is 0 Å². The van der Waals surface area contributed by atoms with E-state index in [0.29, 0.717) is 0 Å². The standard InChI is InChI=1S/C14H28N2/c1-3-4-13-5-11-16(12-6-13)14-7-9-15(2)10-8-14/h13-14H,3-12H2,1-2H3. The predicted molar refractivity (Wildman–Crippen MR) is 69.7 cm³/mol. The Bertz CT molecular complexity index is 189. The first-order valence-corrected chi connectivity index (χ1v) is 7.22. The molecule has 0 aliphatic carbocycles. The highest BCUT2D eigenvalue weighted by atomic mass is 15.2. The summed E-state index contributed by atoms with van der Waals surface area (Å²) < 4.78 is 0. The highest BCUT2D eigenvalue weighted by molar-refractivity contribution is 4.82. The molecule has 0 bridgehead atoms. The molecule has 0 spiro atoms. The van der Waals surface area contributed by atoms with Gasteiger partial charge in [-0.2, -0.15) is 0 Å². The van der Waals surface area contributed by atoms with Crippen LogP contribution in [0.5, 0.6) is 0 Å². The molecule has 0 aromatic rings. The molecule has 0 amide bonds. The monoisotopic (exact) mass is 224 g/mol. The van der Waals surface area contributed by atoms with E-state index in [1.54, 1.807) is 0 Å². The molecule has 0 unspecified atom stereocenters. The van der Waals surface area contributed by atoms with Gasteiger partial charge in [-0.15, -0.1) is 0 Å². The second-order valence-electron chi connectivity index (χ2n) is 5.80. The lowest BCUT2D eigenvalue weighted by Crippen LogP contribution is -2.46. The molecule has 0 radical (unpaired) electrons. The van der Waals surface area contributed by atoms with Crippen LogP contribution in [0, 0.1) is 5.92 Å². The third-order valence-electron chi connectivity index (χ3n) is 4.55. The third-order valence-corrected chi connectivity index (χ3v) is 4.55. The fourth-order valence-corrected chi connectivity index (χ4v) is 3.38. The molecular weight excluding hydrogens is 196 g/mol. The summed E-state index contributed by atoms with van der Waals surface area (Å²) in [5.74, 6) is 1.03. The van der Waals surface area contributed by atoms with E-state index >= 15 is 0 Å². The zero-order valence-corrected chi connectivity index (χ0v) is 11.1. The summed E-state index contributed by atoms with van der Waals surface area (Å²) in [6.07, 6.45) is 8.55. The Balaban J connectivity index is 1.72. The summed E-state index contributed by atoms with van der Waals surface area (Å²) in [6.45, 7) is 7.68. The number of hydrogen-bond acceptors (Lipinski definition) is 2. The summed E-state index contributed by atoms with van der Waals surface area (Å²) >= 11 is 0. The molecule has 0 saturated carbocycles. The van der Waals surface area contributed by atoms with E-state index in [0.717, 1.165) is 12.0 Å². The molecule has 0 aromatic heterocycles. The highest BCUT2D eigenvalue weighted by Crippen LogP contribution is 2.25. The van der Waals surface area contributed by atoms with Gasteiger partial charge in [0.1, 0.15) is 0 Å². The van der Waals surface area contributed by atoms with E-state index < -0.39 is 0 Å². The average molecular weight is 224 g/mol. The Morgan fingerprint density at radius 1 is 0.938 bits per heavy atom. The van der Waals surface area contributed by atoms with Crippen molar-refractivity contribution < 1.29 is 0 Å². The van der Waals surface area contributed by atoms with Gasteiger partial charge >= 0.3 is 0 Å². The molecule has 16 heavy (non-hydrogen) atoms. The molecule has 2 saturated heterocycles. The first kappa shape index (κ1) is 12.4. The van der Waals surface area contributed by atoms with E-state index in [2.05, 4.69) is 23.8 Å². The Morgan fingerprint density at radius 3 is 2.12 bits per heavy atom. The maximum absolute atomic E-state index is 2.78. The van der Waals surface area contributed by atoms with Gasteiger partial charge < -0.3 is 9.80 Å². The molecule has 94 valence electrons. The fraction of sp³-hybridized carbons (Fsp3) is 1.00. The molecule has 2 heteroatoms. The van der Waals surface area contributed by atoms with Gasteiger partial charge in [0.05, 0.1) is 0 Å². The largest absolute Gasteiger partial charge is 0.306 e. The molecular formula is C14H28N2. The minimum Gasteiger partial charge on any atom is -0.306 e. The maximum atomic E-state index is 2.78. The van der Waals surface area contributed by atoms with Crippen LogP contribution in [0.2, 0.25) is 0 Å². The zero-order chi connectivity index (χ0) is 11.4. The minimum atomic E-state index is 0.902. The first-order valence-electron chi connectivity index (χ1n) is 7.22. The normalized spacial score (nSPS) is 27.4. The first-order chi connectivity index (χ1) is 7.79. The Morgan fingerprint density at radius 2 is 1.56 bits per heavy atom. The van der Waals surface area contributed by atoms with Gasteiger partial charge in [-0.25, -0.2) is 0 Å². The van der Waals surface area contributed by atoms with E-state index in [4.69, 9.17) is 0 Å². The number of piperidine rings is 2. The summed E-state index contributed by atoms with van der Waals surface area (Å²) in [5, 5.41) is 0. The molecule has 0 aromatic carbocycles. The average Bonchev–Trinajstić information content (AvgIpc) is 2.32. The van der Waals surface area contributed by atoms with Crippen molar-refractivity contribution in [2.24, 2.45) is 5.92 Å². The summed E-state index contributed by atoms with van der Waals surface area (Å²) in [7, 11) is 2.25. The van der Waals surface area contributed by atoms with Gasteiger partial charge in [0.15, 0.2) is 0 Å². The molecule has 0 N–H and O–H groups in total. The molecule has 2 aliphatic heterocycles. The van der Waals surface area contributed by atoms with Crippen LogP contribution in [0.4, 0.5) is 0 Å². The topological polar surface area (TPSA) is 6.48 Å². The quantitative estimate of drug-likeness (QED) is 0.727. The van der Waals surface area contributed by atoms with Crippen molar-refractivity contribution >= 4 is 0 Å². The van der Waals surface area contributed by atoms with Crippen molar-refractivity contribution in [1.29, 1.82) is 0 Å². The number of rotatable bonds is 3. The number of hydrogen-bond donors (Lipinski definition) is 0. The SMILES string of the molecule is CCCC1CCN(C2CCN(C)CC2)CC1. The van der Waals surface area contributed by atoms with E-state index in [1.807, 2.05) is 0 Å². The van der Waals surface area contributed by atoms with E-state index in [-0.39, 0.29) is 0 Å². The molecule has 2 nitrogen and oxygen atoms in total. The summed E-state index contributed by atoms with van der Waals surface area (Å²) in [6, 6.07) is 0.902. The van der Waals surface area contributed by atoms with Crippen LogP contribution in [0.25, 0.3) is 0 Å². The van der Waals surface area contributed by atoms with Crippen molar-refractivity contribution in [1.82, 2.24) is 9.80 Å². The van der Waals surface area contributed by atoms with Crippen LogP contribution in [0.15, 0.2) is 0 Å². The van der Waals surface area contributed by atoms with Crippen LogP contribution in [0.1, 0.15) is 45.4 Å². The van der Waals surface area contributed by atoms with Crippen LogP contribution in [-0.2, 0) is 0 Å². The molecule has 2 rings (SSSR count). The second-order valence-corrected chi connectivity index (χ2v) is 5.80. The van der Waals surface area contributed by atoms with Crippen LogP contribution < -0.4 is 0 Å². The van der Waals surface area contributed by atoms with Gasteiger partial charge in [0.2, 0.25) is 0 Å². The molecule has 2 heterocycles. The van der Waals surface area contributed by atoms with Crippen LogP contribution >= 0.6 is 0 Å². The van der Waals surface area contributed by atoms with Gasteiger partial charge in [-0.05, 0) is 64.8 Å². The van der Waals surface area contributed by atoms with E-state index in [1.165, 1.54) is 64.7 Å². The second kappa shape index (κ2) is 6.02. The van der Waals surface area contributed by atoms with Crippen LogP contribution in [-0.4, -0.2) is 49.1 Å². The zero-order valence-electron chi connectivity index (χ0n) is 11.1. The van der Waals surface area contributed by atoms with Crippen molar-refractivity contribution in [3.63, 3.8) is 0 Å². The van der Waals surface area contributed by atoms with Gasteiger partial charge in [-0.1, -0.05) is 19.8 Å². The summed E-state index contributed by atoms with van der Waals surface area (Å²) in [5.41, 5.74) is 0. The molecule has 0 atom stereocenters. The van der Waals surface area contributed by atoms with Gasteiger partial charge in [0, 0.05) is 6.04 Å². The molecule has 2 aliphatic rings. The Labute approximate surface area is 101 Å². The number of nitrogens with zero attached hydrogens (tertiary/aromatic N) is 2. The van der Waals surface area contributed by atoms with Crippen molar-refractivity contribution in [3.05, 3.63) is 0 Å². The van der Waals surface area contributed by atoms with Gasteiger partial charge in [0.25, 0.3) is 0 Å². The summed E-state index contributed by atoms with van der Waals surface area (Å²) in [4.78, 5) is 5.25. The predicted octanol–water partition coefficient (Wildman–Crippen LogP) is 2.59. The highest BCUT2D eigenvalue weighted by Gasteiger charge is 2.26. The van der Waals surface area contributed by atoms with Crippen molar-refractivity contribution in [2.75, 3.05) is 33.2 Å².